The lowest BCUT2D eigenvalue weighted by atomic mass is 10.1. The fourth-order valence-corrected chi connectivity index (χ4v) is 1.21. The second-order valence-electron chi connectivity index (χ2n) is 2.90. The molecule has 0 spiro atoms. The molecule has 4 nitrogen and oxygen atoms in total. The highest BCUT2D eigenvalue weighted by atomic mass is 16.5. The first-order chi connectivity index (χ1) is 7.13. The molecule has 0 saturated carbocycles. The molecule has 0 aliphatic carbocycles. The van der Waals surface area contributed by atoms with Crippen LogP contribution in [-0.2, 0) is 0 Å². The van der Waals surface area contributed by atoms with E-state index in [9.17, 15) is 10.2 Å². The average Bonchev–Trinajstić information content (AvgIpc) is 2.28. The number of benzene rings is 1. The fourth-order valence-electron chi connectivity index (χ4n) is 1.21. The predicted octanol–water partition coefficient (Wildman–Crippen LogP) is 2.33. The van der Waals surface area contributed by atoms with E-state index in [2.05, 4.69) is 0 Å². The lowest BCUT2D eigenvalue weighted by Crippen LogP contribution is -1.92. The monoisotopic (exact) mass is 210 g/mol. The Morgan fingerprint density at radius 3 is 2.00 bits per heavy atom. The molecule has 15 heavy (non-hydrogen) atoms. The second kappa shape index (κ2) is 4.59. The van der Waals surface area contributed by atoms with Gasteiger partial charge in [-0.1, -0.05) is 0 Å². The lowest BCUT2D eigenvalue weighted by Gasteiger charge is -2.10. The van der Waals surface area contributed by atoms with E-state index in [1.165, 1.54) is 26.4 Å². The lowest BCUT2D eigenvalue weighted by molar-refractivity contribution is 0.339. The highest BCUT2D eigenvalue weighted by Crippen LogP contribution is 2.38. The maximum Gasteiger partial charge on any atom is 0.200 e. The Kier molecular flexibility index (Phi) is 3.44. The SMILES string of the molecule is CC=C(O)c1cc(OC)c(O)c(OC)c1. The van der Waals surface area contributed by atoms with Gasteiger partial charge in [-0.3, -0.25) is 0 Å². The molecule has 82 valence electrons. The molecule has 1 aromatic carbocycles. The standard InChI is InChI=1S/C11H14O4/c1-4-8(12)7-5-9(14-2)11(13)10(6-7)15-3/h4-6,12-13H,1-3H3. The summed E-state index contributed by atoms with van der Waals surface area (Å²) in [7, 11) is 2.87. The predicted molar refractivity (Wildman–Crippen MR) is 57.5 cm³/mol. The Balaban J connectivity index is 3.33. The van der Waals surface area contributed by atoms with Crippen LogP contribution in [0.15, 0.2) is 18.2 Å². The normalized spacial score (nSPS) is 11.3. The minimum atomic E-state index is -0.0762. The summed E-state index contributed by atoms with van der Waals surface area (Å²) in [5, 5.41) is 19.1. The number of aliphatic hydroxyl groups excluding tert-OH is 1. The van der Waals surface area contributed by atoms with Crippen LogP contribution < -0.4 is 9.47 Å². The summed E-state index contributed by atoms with van der Waals surface area (Å²) < 4.78 is 9.91. The molecule has 0 unspecified atom stereocenters. The highest BCUT2D eigenvalue weighted by molar-refractivity contribution is 5.65. The Hall–Kier alpha value is -1.84. The molecular formula is C11H14O4. The second-order valence-corrected chi connectivity index (χ2v) is 2.90. The molecule has 0 heterocycles. The molecule has 1 aromatic rings. The van der Waals surface area contributed by atoms with Gasteiger partial charge in [0.1, 0.15) is 5.76 Å². The average molecular weight is 210 g/mol. The van der Waals surface area contributed by atoms with Crippen molar-refractivity contribution in [2.45, 2.75) is 6.92 Å². The maximum absolute atomic E-state index is 9.62. The van der Waals surface area contributed by atoms with E-state index in [1.54, 1.807) is 13.0 Å². The number of aromatic hydroxyl groups is 1. The first-order valence-corrected chi connectivity index (χ1v) is 4.44. The zero-order valence-electron chi connectivity index (χ0n) is 8.94. The van der Waals surface area contributed by atoms with E-state index in [4.69, 9.17) is 9.47 Å². The molecule has 0 saturated heterocycles. The number of methoxy groups -OCH3 is 2. The van der Waals surface area contributed by atoms with Crippen LogP contribution >= 0.6 is 0 Å². The van der Waals surface area contributed by atoms with Crippen LogP contribution in [0.1, 0.15) is 12.5 Å². The van der Waals surface area contributed by atoms with E-state index in [-0.39, 0.29) is 23.0 Å². The molecule has 2 N–H and O–H groups in total. The quantitative estimate of drug-likeness (QED) is 0.752. The van der Waals surface area contributed by atoms with Crippen molar-refractivity contribution in [2.75, 3.05) is 14.2 Å². The summed E-state index contributed by atoms with van der Waals surface area (Å²) in [5.41, 5.74) is 0.531. The summed E-state index contributed by atoms with van der Waals surface area (Å²) >= 11 is 0. The van der Waals surface area contributed by atoms with Crippen LogP contribution in [0.5, 0.6) is 17.2 Å². The van der Waals surface area contributed by atoms with Crippen molar-refractivity contribution in [1.29, 1.82) is 0 Å². The molecule has 0 bridgehead atoms. The topological polar surface area (TPSA) is 58.9 Å². The van der Waals surface area contributed by atoms with E-state index >= 15 is 0 Å². The van der Waals surface area contributed by atoms with Crippen molar-refractivity contribution in [3.63, 3.8) is 0 Å². The van der Waals surface area contributed by atoms with Gasteiger partial charge in [0, 0.05) is 5.56 Å². The van der Waals surface area contributed by atoms with Crippen LogP contribution in [0.25, 0.3) is 5.76 Å². The molecular weight excluding hydrogens is 196 g/mol. The Labute approximate surface area is 88.4 Å². The molecule has 0 aliphatic heterocycles. The van der Waals surface area contributed by atoms with E-state index in [1.807, 2.05) is 0 Å². The van der Waals surface area contributed by atoms with Gasteiger partial charge in [0.25, 0.3) is 0 Å². The number of rotatable bonds is 3. The van der Waals surface area contributed by atoms with Crippen molar-refractivity contribution in [3.05, 3.63) is 23.8 Å². The van der Waals surface area contributed by atoms with Crippen LogP contribution in [0.3, 0.4) is 0 Å². The van der Waals surface area contributed by atoms with Gasteiger partial charge in [-0.2, -0.15) is 0 Å². The number of aliphatic hydroxyl groups is 1. The van der Waals surface area contributed by atoms with Crippen LogP contribution in [0.4, 0.5) is 0 Å². The third kappa shape index (κ3) is 2.15. The highest BCUT2D eigenvalue weighted by Gasteiger charge is 2.12. The number of hydrogen-bond acceptors (Lipinski definition) is 4. The fraction of sp³-hybridized carbons (Fsp3) is 0.273. The van der Waals surface area contributed by atoms with Crippen molar-refractivity contribution in [1.82, 2.24) is 0 Å². The number of ether oxygens (including phenoxy) is 2. The largest absolute Gasteiger partial charge is 0.508 e. The van der Waals surface area contributed by atoms with Gasteiger partial charge in [0.05, 0.1) is 14.2 Å². The Bertz CT molecular complexity index is 357. The molecule has 0 amide bonds. The van der Waals surface area contributed by atoms with Crippen molar-refractivity contribution >= 4 is 5.76 Å². The van der Waals surface area contributed by atoms with Gasteiger partial charge in [0.2, 0.25) is 5.75 Å². The van der Waals surface area contributed by atoms with Gasteiger partial charge in [0.15, 0.2) is 11.5 Å². The minimum Gasteiger partial charge on any atom is -0.508 e. The van der Waals surface area contributed by atoms with E-state index in [0.717, 1.165) is 0 Å². The van der Waals surface area contributed by atoms with E-state index < -0.39 is 0 Å². The zero-order chi connectivity index (χ0) is 11.4. The molecule has 0 radical (unpaired) electrons. The third-order valence-corrected chi connectivity index (χ3v) is 2.05. The summed E-state index contributed by atoms with van der Waals surface area (Å²) in [6.07, 6.45) is 1.55. The van der Waals surface area contributed by atoms with Crippen LogP contribution in [-0.4, -0.2) is 24.4 Å². The van der Waals surface area contributed by atoms with Crippen molar-refractivity contribution in [2.24, 2.45) is 0 Å². The number of phenols is 1. The van der Waals surface area contributed by atoms with Crippen LogP contribution in [0, 0.1) is 0 Å². The summed E-state index contributed by atoms with van der Waals surface area (Å²) in [5.74, 6) is 0.551. The van der Waals surface area contributed by atoms with Gasteiger partial charge >= 0.3 is 0 Å². The number of allylic oxidation sites excluding steroid dienone is 1. The number of hydrogen-bond donors (Lipinski definition) is 2. The van der Waals surface area contributed by atoms with Crippen molar-refractivity contribution in [3.8, 4) is 17.2 Å². The van der Waals surface area contributed by atoms with Gasteiger partial charge in [-0.05, 0) is 25.1 Å². The first kappa shape index (κ1) is 11.2. The summed E-state index contributed by atoms with van der Waals surface area (Å²) in [6.45, 7) is 1.71. The third-order valence-electron chi connectivity index (χ3n) is 2.05. The van der Waals surface area contributed by atoms with Gasteiger partial charge in [-0.15, -0.1) is 0 Å². The minimum absolute atomic E-state index is 0.0762. The smallest absolute Gasteiger partial charge is 0.200 e. The Morgan fingerprint density at radius 1 is 1.20 bits per heavy atom. The molecule has 1 rings (SSSR count). The summed E-state index contributed by atoms with van der Waals surface area (Å²) in [4.78, 5) is 0. The molecule has 4 heteroatoms. The molecule has 0 aliphatic rings. The maximum atomic E-state index is 9.62. The van der Waals surface area contributed by atoms with Crippen LogP contribution in [0.2, 0.25) is 0 Å². The molecule has 0 atom stereocenters. The number of phenolic OH excluding ortho intramolecular Hbond substituents is 1. The molecule has 0 aromatic heterocycles. The van der Waals surface area contributed by atoms with Gasteiger partial charge in [-0.25, -0.2) is 0 Å². The Morgan fingerprint density at radius 2 is 1.67 bits per heavy atom. The molecule has 0 fully saturated rings. The summed E-state index contributed by atoms with van der Waals surface area (Å²) in [6, 6.07) is 3.07. The van der Waals surface area contributed by atoms with Crippen molar-refractivity contribution < 1.29 is 19.7 Å². The zero-order valence-corrected chi connectivity index (χ0v) is 8.94. The van der Waals surface area contributed by atoms with E-state index in [0.29, 0.717) is 5.56 Å². The first-order valence-electron chi connectivity index (χ1n) is 4.44. The van der Waals surface area contributed by atoms with Gasteiger partial charge < -0.3 is 19.7 Å².